The monoisotopic (exact) mass is 659 g/mol. The highest BCUT2D eigenvalue weighted by Gasteiger charge is 2.17. The Bertz CT molecular complexity index is 990. The van der Waals surface area contributed by atoms with Crippen molar-refractivity contribution in [2.45, 2.75) is 70.6 Å². The van der Waals surface area contributed by atoms with Gasteiger partial charge in [0.2, 0.25) is 5.91 Å². The lowest BCUT2D eigenvalue weighted by atomic mass is 10.1. The van der Waals surface area contributed by atoms with E-state index in [1.807, 2.05) is 6.92 Å². The average Bonchev–Trinajstić information content (AvgIpc) is 2.96. The van der Waals surface area contributed by atoms with Crippen molar-refractivity contribution in [3.63, 3.8) is 0 Å². The molecule has 0 fully saturated rings. The van der Waals surface area contributed by atoms with Gasteiger partial charge in [-0.25, -0.2) is 14.4 Å². The number of hydrogen-bond acceptors (Lipinski definition) is 7. The molecular formula is C25H53N15O4S. The Hall–Kier alpha value is -4.49. The van der Waals surface area contributed by atoms with E-state index in [9.17, 15) is 19.2 Å². The molecule has 0 spiro atoms. The van der Waals surface area contributed by atoms with Gasteiger partial charge in [-0.3, -0.25) is 14.8 Å². The van der Waals surface area contributed by atoms with Gasteiger partial charge >= 0.3 is 18.1 Å². The van der Waals surface area contributed by atoms with Crippen LogP contribution in [-0.4, -0.2) is 112 Å². The highest BCUT2D eigenvalue weighted by atomic mass is 32.1. The molecule has 0 aromatic rings. The molecule has 17 N–H and O–H groups in total. The van der Waals surface area contributed by atoms with Gasteiger partial charge in [0.15, 0.2) is 17.0 Å². The fourth-order valence-electron chi connectivity index (χ4n) is 3.66. The van der Waals surface area contributed by atoms with Crippen LogP contribution >= 0.6 is 12.2 Å². The van der Waals surface area contributed by atoms with Crippen molar-refractivity contribution in [1.82, 2.24) is 47.9 Å². The topological polar surface area (TPSA) is 305 Å². The first-order valence-electron chi connectivity index (χ1n) is 14.7. The Balaban J connectivity index is 4.79. The summed E-state index contributed by atoms with van der Waals surface area (Å²) < 4.78 is 0. The maximum Gasteiger partial charge on any atom is 0.315 e. The molecule has 19 nitrogen and oxygen atoms in total. The summed E-state index contributed by atoms with van der Waals surface area (Å²) in [5.41, 5.74) is 21.4. The van der Waals surface area contributed by atoms with E-state index in [0.717, 1.165) is 0 Å². The van der Waals surface area contributed by atoms with E-state index >= 15 is 0 Å². The summed E-state index contributed by atoms with van der Waals surface area (Å²) in [4.78, 5) is 56.7. The van der Waals surface area contributed by atoms with Crippen LogP contribution in [0.5, 0.6) is 0 Å². The van der Waals surface area contributed by atoms with Gasteiger partial charge in [-0.05, 0) is 51.7 Å². The predicted molar refractivity (Wildman–Crippen MR) is 179 cm³/mol. The second-order valence-corrected chi connectivity index (χ2v) is 10.7. The van der Waals surface area contributed by atoms with Crippen molar-refractivity contribution in [3.8, 4) is 0 Å². The molecule has 258 valence electrons. The molecule has 0 radical (unpaired) electrons. The molecule has 0 aromatic carbocycles. The average molecular weight is 660 g/mol. The van der Waals surface area contributed by atoms with Gasteiger partial charge in [-0.15, -0.1) is 0 Å². The molecule has 0 saturated heterocycles. The van der Waals surface area contributed by atoms with E-state index in [4.69, 9.17) is 35.2 Å². The predicted octanol–water partition coefficient (Wildman–Crippen LogP) is -3.26. The summed E-state index contributed by atoms with van der Waals surface area (Å²) in [7, 11) is 1.70. The van der Waals surface area contributed by atoms with Crippen molar-refractivity contribution in [2.75, 3.05) is 46.3 Å². The molecular weight excluding hydrogens is 606 g/mol. The lowest BCUT2D eigenvalue weighted by Crippen LogP contribution is -2.53. The first-order valence-corrected chi connectivity index (χ1v) is 15.1. The number of rotatable bonds is 20. The van der Waals surface area contributed by atoms with E-state index < -0.39 is 30.2 Å². The molecule has 7 amide bonds. The molecule has 0 aromatic heterocycles. The number of aliphatic imine (C=N–C) groups is 2. The quantitative estimate of drug-likeness (QED) is 0.0266. The molecule has 0 aliphatic rings. The van der Waals surface area contributed by atoms with Crippen LogP contribution in [0.3, 0.4) is 0 Å². The summed E-state index contributed by atoms with van der Waals surface area (Å²) in [6.07, 6.45) is 2.17. The van der Waals surface area contributed by atoms with Gasteiger partial charge in [0.1, 0.15) is 0 Å². The van der Waals surface area contributed by atoms with E-state index in [1.165, 1.54) is 6.92 Å². The van der Waals surface area contributed by atoms with E-state index in [2.05, 4.69) is 57.8 Å². The summed E-state index contributed by atoms with van der Waals surface area (Å²) in [5.74, 6) is -0.271. The van der Waals surface area contributed by atoms with Gasteiger partial charge in [-0.1, -0.05) is 0 Å². The van der Waals surface area contributed by atoms with Crippen molar-refractivity contribution in [1.29, 1.82) is 0 Å². The number of nitrogens with zero attached hydrogens (tertiary/aromatic N) is 2. The van der Waals surface area contributed by atoms with Crippen LogP contribution in [0.4, 0.5) is 14.4 Å². The number of nitrogens with one attached hydrogen (secondary N) is 9. The zero-order valence-corrected chi connectivity index (χ0v) is 27.4. The third kappa shape index (κ3) is 24.6. The summed E-state index contributed by atoms with van der Waals surface area (Å²) >= 11 is 5.06. The second-order valence-electron chi connectivity index (χ2n) is 10.3. The number of thiocarbonyl (C=S) groups is 1. The standard InChI is InChI=1S/C25H53N15O4S/c1-15(11-34-23(43)39-18(13-33-17(3)41)7-5-9-31-20(26)27)37-22(42)36-14-19(8-6-10-32-21(28)29)40-24(44)35-12-16(2)38-25(45)30-4/h15-16,18-19H,5-14H2,1-4H3,(H,33,41)(H4,26,27,31)(H4,28,29,32)(H2,30,38,45)(H2,34,39,43)(H2,35,40,44)(H2,36,37,42)/t15?,16?,18-,19-/m0/s1. The molecule has 0 rings (SSSR count). The molecule has 45 heavy (non-hydrogen) atoms. The van der Waals surface area contributed by atoms with E-state index in [1.54, 1.807) is 14.0 Å². The van der Waals surface area contributed by atoms with Gasteiger partial charge in [-0.2, -0.15) is 0 Å². The molecule has 0 aliphatic carbocycles. The van der Waals surface area contributed by atoms with E-state index in [-0.39, 0.29) is 49.5 Å². The normalized spacial score (nSPS) is 12.9. The zero-order chi connectivity index (χ0) is 34.2. The van der Waals surface area contributed by atoms with Crippen molar-refractivity contribution in [2.24, 2.45) is 32.9 Å². The number of urea groups is 3. The zero-order valence-electron chi connectivity index (χ0n) is 26.6. The minimum absolute atomic E-state index is 0.0191. The van der Waals surface area contributed by atoms with Gasteiger partial charge < -0.3 is 70.8 Å². The summed E-state index contributed by atoms with van der Waals surface area (Å²) in [5, 5.41) is 25.5. The van der Waals surface area contributed by atoms with Crippen LogP contribution in [-0.2, 0) is 4.79 Å². The molecule has 0 aliphatic heterocycles. The minimum Gasteiger partial charge on any atom is -0.370 e. The lowest BCUT2D eigenvalue weighted by Gasteiger charge is -2.22. The Morgan fingerprint density at radius 1 is 0.644 bits per heavy atom. The lowest BCUT2D eigenvalue weighted by molar-refractivity contribution is -0.119. The Morgan fingerprint density at radius 3 is 1.47 bits per heavy atom. The molecule has 20 heteroatoms. The fourth-order valence-corrected chi connectivity index (χ4v) is 3.86. The minimum atomic E-state index is -0.484. The molecule has 4 atom stereocenters. The first-order chi connectivity index (χ1) is 21.2. The fraction of sp³-hybridized carbons (Fsp3) is 0.720. The number of amides is 7. The van der Waals surface area contributed by atoms with Crippen LogP contribution < -0.4 is 70.8 Å². The maximum atomic E-state index is 12.5. The Kier molecular flexibility index (Phi) is 21.5. The van der Waals surface area contributed by atoms with Gasteiger partial charge in [0.05, 0.1) is 0 Å². The number of carbonyl (C=O) groups is 4. The number of guanidine groups is 2. The van der Waals surface area contributed by atoms with Crippen LogP contribution in [0.15, 0.2) is 9.98 Å². The van der Waals surface area contributed by atoms with Gasteiger partial charge in [0.25, 0.3) is 0 Å². The third-order valence-corrected chi connectivity index (χ3v) is 6.23. The van der Waals surface area contributed by atoms with Crippen molar-refractivity contribution in [3.05, 3.63) is 0 Å². The molecule has 0 heterocycles. The number of hydrogen-bond donors (Lipinski definition) is 13. The largest absolute Gasteiger partial charge is 0.370 e. The smallest absolute Gasteiger partial charge is 0.315 e. The molecule has 0 saturated carbocycles. The highest BCUT2D eigenvalue weighted by molar-refractivity contribution is 7.80. The van der Waals surface area contributed by atoms with Crippen LogP contribution in [0.25, 0.3) is 0 Å². The summed E-state index contributed by atoms with van der Waals surface area (Å²) in [6, 6.07) is -2.68. The maximum absolute atomic E-state index is 12.5. The van der Waals surface area contributed by atoms with Gasteiger partial charge in [0, 0.05) is 77.4 Å². The van der Waals surface area contributed by atoms with E-state index in [0.29, 0.717) is 50.4 Å². The van der Waals surface area contributed by atoms with Crippen LogP contribution in [0.1, 0.15) is 46.5 Å². The van der Waals surface area contributed by atoms with Crippen molar-refractivity contribution < 1.29 is 19.2 Å². The Morgan fingerprint density at radius 2 is 1.04 bits per heavy atom. The highest BCUT2D eigenvalue weighted by Crippen LogP contribution is 1.99. The SMILES string of the molecule is CNC(=S)NC(C)CNC(=O)N[C@@H](CCCN=C(N)N)CNC(=O)NC(C)CNC(=O)N[C@@H](CCCN=C(N)N)CNC(C)=O. The Labute approximate surface area is 270 Å². The third-order valence-electron chi connectivity index (χ3n) is 5.91. The number of carbonyl (C=O) groups excluding carboxylic acids is 4. The number of nitrogens with two attached hydrogens (primary N) is 4. The van der Waals surface area contributed by atoms with Crippen LogP contribution in [0, 0.1) is 0 Å². The van der Waals surface area contributed by atoms with Crippen LogP contribution in [0.2, 0.25) is 0 Å². The molecule has 2 unspecified atom stereocenters. The summed E-state index contributed by atoms with van der Waals surface area (Å²) in [6.45, 7) is 6.53. The first kappa shape index (κ1) is 40.5. The molecule has 0 bridgehead atoms. The second kappa shape index (κ2) is 23.9. The van der Waals surface area contributed by atoms with Crippen molar-refractivity contribution >= 4 is 53.2 Å².